The molecule has 368 valence electrons. The van der Waals surface area contributed by atoms with Crippen LogP contribution in [-0.4, -0.2) is 121 Å². The molecule has 0 unspecified atom stereocenters. The van der Waals surface area contributed by atoms with Crippen LogP contribution in [0.5, 0.6) is 11.5 Å². The first kappa shape index (κ1) is 49.6. The molecule has 0 aliphatic carbocycles. The second-order valence-electron chi connectivity index (χ2n) is 15.9. The lowest BCUT2D eigenvalue weighted by molar-refractivity contribution is -0.143. The third-order valence-corrected chi connectivity index (χ3v) is 11.0. The average molecular weight is 962 g/mol. The molecular weight excluding hydrogens is 907 g/mol. The number of primary amides is 2. The average Bonchev–Trinajstić information content (AvgIpc) is 4.11. The third-order valence-electron chi connectivity index (χ3n) is 11.0. The second kappa shape index (κ2) is 22.2. The predicted molar refractivity (Wildman–Crippen MR) is 257 cm³/mol. The third kappa shape index (κ3) is 11.0. The Morgan fingerprint density at radius 3 is 2.09 bits per heavy atom. The van der Waals surface area contributed by atoms with Gasteiger partial charge in [-0.1, -0.05) is 12.2 Å². The molecule has 2 aromatic carbocycles. The first-order valence-corrected chi connectivity index (χ1v) is 22.5. The van der Waals surface area contributed by atoms with E-state index in [1.165, 1.54) is 19.2 Å². The highest BCUT2D eigenvalue weighted by Gasteiger charge is 2.24. The lowest BCUT2D eigenvalue weighted by Gasteiger charge is -2.13. The Morgan fingerprint density at radius 2 is 1.40 bits per heavy atom. The van der Waals surface area contributed by atoms with Crippen molar-refractivity contribution >= 4 is 68.7 Å². The molecule has 70 heavy (non-hydrogen) atoms. The number of fused-ring (bicyclic) bond motifs is 4. The van der Waals surface area contributed by atoms with Crippen molar-refractivity contribution < 1.29 is 47.7 Å². The zero-order valence-electron chi connectivity index (χ0n) is 39.7. The van der Waals surface area contributed by atoms with E-state index in [9.17, 15) is 24.0 Å². The number of rotatable bonds is 23. The van der Waals surface area contributed by atoms with Crippen LogP contribution in [0.4, 0.5) is 10.7 Å². The molecule has 0 radical (unpaired) electrons. The van der Waals surface area contributed by atoms with Gasteiger partial charge in [0.2, 0.25) is 17.8 Å². The number of hydrogen-bond donors (Lipinski definition) is 4. The monoisotopic (exact) mass is 961 g/mol. The van der Waals surface area contributed by atoms with Crippen LogP contribution >= 0.6 is 0 Å². The number of benzene rings is 2. The van der Waals surface area contributed by atoms with Crippen LogP contribution in [0.3, 0.4) is 0 Å². The number of hydrogen-bond acceptors (Lipinski definition) is 15. The van der Waals surface area contributed by atoms with Gasteiger partial charge in [-0.25, -0.2) is 24.5 Å². The highest BCUT2D eigenvalue weighted by Crippen LogP contribution is 2.37. The summed E-state index contributed by atoms with van der Waals surface area (Å²) in [6.07, 6.45) is 5.56. The second-order valence-corrected chi connectivity index (χ2v) is 15.9. The van der Waals surface area contributed by atoms with Crippen LogP contribution in [0.1, 0.15) is 69.3 Å². The maximum Gasteiger partial charge on any atom is 0.407 e. The number of carbonyl (C=O) groups is 5. The summed E-state index contributed by atoms with van der Waals surface area (Å²) >= 11 is 0. The number of carbonyl (C=O) groups excluding carboxylic acids is 5. The topological polar surface area (TPSA) is 292 Å². The number of ether oxygens (including phenoxy) is 5. The molecule has 23 heteroatoms. The fourth-order valence-corrected chi connectivity index (χ4v) is 7.80. The van der Waals surface area contributed by atoms with E-state index in [1.807, 2.05) is 48.2 Å². The van der Waals surface area contributed by atoms with E-state index >= 15 is 0 Å². The lowest BCUT2D eigenvalue weighted by atomic mass is 10.1. The molecule has 0 saturated carbocycles. The lowest BCUT2D eigenvalue weighted by Crippen LogP contribution is -2.28. The molecule has 0 aliphatic heterocycles. The molecule has 7 aromatic rings. The van der Waals surface area contributed by atoms with Crippen LogP contribution in [0.25, 0.3) is 44.5 Å². The Balaban J connectivity index is 1.28. The van der Waals surface area contributed by atoms with E-state index in [1.54, 1.807) is 47.7 Å². The number of aryl methyl sites for hydroxylation is 4. The van der Waals surface area contributed by atoms with Crippen LogP contribution in [0.2, 0.25) is 0 Å². The number of nitrogens with two attached hydrogens (primary N) is 2. The van der Waals surface area contributed by atoms with Crippen molar-refractivity contribution in [2.45, 2.75) is 66.7 Å². The van der Waals surface area contributed by atoms with Crippen LogP contribution in [0, 0.1) is 13.8 Å². The molecule has 5 aromatic heterocycles. The maximum atomic E-state index is 13.9. The molecule has 0 fully saturated rings. The quantitative estimate of drug-likeness (QED) is 0.0392. The minimum absolute atomic E-state index is 0.0514. The fourth-order valence-electron chi connectivity index (χ4n) is 7.80. The largest absolute Gasteiger partial charge is 0.491 e. The van der Waals surface area contributed by atoms with Gasteiger partial charge in [-0.15, -0.1) is 0 Å². The SMILES string of the molecule is CCn1nc(C)cc1C(=O)Nc1nc2cc(C(N)=O)cc(OCCCNC(=O)OCC(=O)OC)c2n1C/C=C/Cn1c2nc(-c3cc(C)nn3CC)ncc2c2cc(C(N)=O)cc(OCCCOC)c21. The van der Waals surface area contributed by atoms with Gasteiger partial charge in [0.25, 0.3) is 5.91 Å². The molecule has 6 N–H and O–H groups in total. The first-order chi connectivity index (χ1) is 33.7. The summed E-state index contributed by atoms with van der Waals surface area (Å²) in [6.45, 7) is 9.31. The van der Waals surface area contributed by atoms with Gasteiger partial charge in [0.1, 0.15) is 34.1 Å². The molecule has 0 spiro atoms. The summed E-state index contributed by atoms with van der Waals surface area (Å²) in [5.41, 5.74) is 16.4. The van der Waals surface area contributed by atoms with Gasteiger partial charge < -0.3 is 49.6 Å². The smallest absolute Gasteiger partial charge is 0.407 e. The van der Waals surface area contributed by atoms with Crippen LogP contribution < -0.4 is 31.6 Å². The van der Waals surface area contributed by atoms with Crippen LogP contribution in [0.15, 0.2) is 54.7 Å². The van der Waals surface area contributed by atoms with Crippen LogP contribution in [-0.2, 0) is 45.2 Å². The molecule has 0 atom stereocenters. The van der Waals surface area contributed by atoms with Gasteiger partial charge in [-0.3, -0.25) is 29.1 Å². The van der Waals surface area contributed by atoms with Gasteiger partial charge in [0.15, 0.2) is 12.4 Å². The highest BCUT2D eigenvalue weighted by molar-refractivity contribution is 6.12. The zero-order valence-corrected chi connectivity index (χ0v) is 39.7. The van der Waals surface area contributed by atoms with Gasteiger partial charge in [-0.2, -0.15) is 10.2 Å². The van der Waals surface area contributed by atoms with E-state index in [4.69, 9.17) is 45.4 Å². The van der Waals surface area contributed by atoms with E-state index in [-0.39, 0.29) is 62.1 Å². The Labute approximate surface area is 401 Å². The Bertz CT molecular complexity index is 3130. The first-order valence-electron chi connectivity index (χ1n) is 22.5. The van der Waals surface area contributed by atoms with Crippen molar-refractivity contribution in [1.29, 1.82) is 0 Å². The number of aromatic nitrogens is 9. The maximum absolute atomic E-state index is 13.9. The molecule has 0 aliphatic rings. The summed E-state index contributed by atoms with van der Waals surface area (Å²) in [7, 11) is 2.79. The minimum atomic E-state index is -0.817. The van der Waals surface area contributed by atoms with E-state index in [2.05, 4.69) is 25.6 Å². The standard InChI is InChI=1S/C47H55N13O10/c1-7-59-34(19-27(3)55-59)43-51-25-32-31-21-29(41(48)62)23-36(69-18-12-16-66-5)39(31)57(44(32)53-43)14-9-10-15-58-40-33(52-46(58)54-45(64)35-20-28(4)56-60(35)8-2)22-30(42(49)63)24-37(40)68-17-11-13-50-47(65)70-26-38(61)67-6/h9-10,19-25H,7-8,11-18,26H2,1-6H3,(H2,48,62)(H2,49,63)(H,50,65)(H,52,54,64)/b10-9+. The van der Waals surface area contributed by atoms with Gasteiger partial charge in [-0.05, 0) is 70.5 Å². The number of esters is 1. The number of nitrogens with zero attached hydrogens (tertiary/aromatic N) is 9. The molecule has 5 heterocycles. The van der Waals surface area contributed by atoms with Crippen molar-refractivity contribution in [3.05, 3.63) is 83.0 Å². The molecule has 23 nitrogen and oxygen atoms in total. The van der Waals surface area contributed by atoms with Crippen molar-refractivity contribution in [3.8, 4) is 23.0 Å². The predicted octanol–water partition coefficient (Wildman–Crippen LogP) is 4.44. The molecule has 0 saturated heterocycles. The number of methoxy groups -OCH3 is 2. The molecule has 0 bridgehead atoms. The normalized spacial score (nSPS) is 11.5. The Kier molecular flexibility index (Phi) is 15.7. The van der Waals surface area contributed by atoms with E-state index in [0.717, 1.165) is 11.4 Å². The summed E-state index contributed by atoms with van der Waals surface area (Å²) in [6, 6.07) is 9.91. The molecule has 7 rings (SSSR count). The van der Waals surface area contributed by atoms with Gasteiger partial charge >= 0.3 is 12.1 Å². The number of amides is 4. The van der Waals surface area contributed by atoms with Crippen molar-refractivity contribution in [1.82, 2.24) is 49.0 Å². The molecule has 4 amide bonds. The van der Waals surface area contributed by atoms with E-state index in [0.29, 0.717) is 82.0 Å². The van der Waals surface area contributed by atoms with Gasteiger partial charge in [0, 0.05) is 81.0 Å². The van der Waals surface area contributed by atoms with Gasteiger partial charge in [0.05, 0.1) is 42.7 Å². The van der Waals surface area contributed by atoms with Crippen molar-refractivity contribution in [2.75, 3.05) is 52.5 Å². The summed E-state index contributed by atoms with van der Waals surface area (Å²) in [5.74, 6) is -1.32. The molecular formula is C47H55N13O10. The number of allylic oxidation sites excluding steroid dienone is 2. The zero-order chi connectivity index (χ0) is 50.1. The summed E-state index contributed by atoms with van der Waals surface area (Å²) < 4.78 is 34.3. The van der Waals surface area contributed by atoms with E-state index < -0.39 is 36.4 Å². The highest BCUT2D eigenvalue weighted by atomic mass is 16.6. The number of imidazole rings is 1. The Hall–Kier alpha value is -8.34. The number of nitrogens with one attached hydrogen (secondary N) is 2. The number of alkyl carbamates (subject to hydrolysis) is 1. The van der Waals surface area contributed by atoms with Crippen molar-refractivity contribution in [3.63, 3.8) is 0 Å². The fraction of sp³-hybridized carbons (Fsp3) is 0.362. The minimum Gasteiger partial charge on any atom is -0.491 e. The Morgan fingerprint density at radius 1 is 0.743 bits per heavy atom. The summed E-state index contributed by atoms with van der Waals surface area (Å²) in [5, 5.41) is 15.8. The summed E-state index contributed by atoms with van der Waals surface area (Å²) in [4.78, 5) is 77.3. The number of anilines is 1. The van der Waals surface area contributed by atoms with Crippen molar-refractivity contribution in [2.24, 2.45) is 11.5 Å².